The van der Waals surface area contributed by atoms with Crippen molar-refractivity contribution >= 4 is 53.4 Å². The van der Waals surface area contributed by atoms with E-state index < -0.39 is 36.2 Å². The van der Waals surface area contributed by atoms with E-state index in [1.165, 1.54) is 30.6 Å². The van der Waals surface area contributed by atoms with Gasteiger partial charge in [0.05, 0.1) is 6.21 Å². The van der Waals surface area contributed by atoms with Gasteiger partial charge in [-0.15, -0.1) is 4.99 Å². The largest absolute Gasteiger partial charge is 0.446 e. The van der Waals surface area contributed by atoms with Crippen LogP contribution in [0.2, 0.25) is 5.02 Å². The smallest absolute Gasteiger partial charge is 0.323 e. The third-order valence-corrected chi connectivity index (χ3v) is 5.27. The second-order valence-corrected chi connectivity index (χ2v) is 7.70. The Kier molecular flexibility index (Phi) is 5.91. The quantitative estimate of drug-likeness (QED) is 0.704. The third-order valence-electron chi connectivity index (χ3n) is 5.02. The Morgan fingerprint density at radius 3 is 2.69 bits per heavy atom. The number of amidine groups is 1. The highest BCUT2D eigenvalue weighted by molar-refractivity contribution is 6.30. The maximum atomic E-state index is 13.6. The molecule has 0 aliphatic carbocycles. The second-order valence-electron chi connectivity index (χ2n) is 7.26. The lowest BCUT2D eigenvalue weighted by Gasteiger charge is -2.26. The molecule has 1 unspecified atom stereocenters. The normalized spacial score (nSPS) is 17.6. The fourth-order valence-corrected chi connectivity index (χ4v) is 3.50. The summed E-state index contributed by atoms with van der Waals surface area (Å²) in [5, 5.41) is 3.13. The van der Waals surface area contributed by atoms with E-state index >= 15 is 0 Å². The molecular weight excluding hydrogens is 437 g/mol. The highest BCUT2D eigenvalue weighted by Gasteiger charge is 2.48. The van der Waals surface area contributed by atoms with E-state index in [2.05, 4.69) is 15.3 Å². The van der Waals surface area contributed by atoms with Crippen LogP contribution < -0.4 is 5.32 Å². The van der Waals surface area contributed by atoms with Crippen LogP contribution in [0.1, 0.15) is 11.1 Å². The number of aryl methyl sites for hydroxylation is 1. The minimum Gasteiger partial charge on any atom is -0.323 e. The Morgan fingerprint density at radius 1 is 1.19 bits per heavy atom. The molecule has 1 atom stereocenters. The van der Waals surface area contributed by atoms with Crippen molar-refractivity contribution in [3.8, 4) is 0 Å². The number of carbonyl (C=O) groups excluding carboxylic acids is 3. The van der Waals surface area contributed by atoms with E-state index in [1.54, 1.807) is 31.2 Å². The number of nitrogens with zero attached hydrogens (tertiary/aromatic N) is 4. The second kappa shape index (κ2) is 8.80. The Bertz CT molecular complexity index is 1210. The summed E-state index contributed by atoms with van der Waals surface area (Å²) >= 11 is 5.91. The van der Waals surface area contributed by atoms with Gasteiger partial charge in [0.1, 0.15) is 18.6 Å². The van der Waals surface area contributed by atoms with Crippen molar-refractivity contribution in [1.82, 2.24) is 4.90 Å². The van der Waals surface area contributed by atoms with Crippen LogP contribution in [0, 0.1) is 12.7 Å². The van der Waals surface area contributed by atoms with E-state index in [0.29, 0.717) is 21.8 Å². The van der Waals surface area contributed by atoms with Crippen LogP contribution in [0.5, 0.6) is 0 Å². The Hall–Kier alpha value is -3.72. The van der Waals surface area contributed by atoms with Crippen molar-refractivity contribution in [2.75, 3.05) is 11.9 Å². The molecule has 2 aromatic rings. The van der Waals surface area contributed by atoms with Gasteiger partial charge in [0.2, 0.25) is 6.04 Å². The molecule has 32 heavy (non-hydrogen) atoms. The number of urea groups is 1. The van der Waals surface area contributed by atoms with Crippen molar-refractivity contribution in [1.29, 1.82) is 0 Å². The number of hydrogen-bond acceptors (Lipinski definition) is 5. The standard InChI is InChI=1S/C22H17ClFN5O3/c1-13-2-7-16(24)10-17(13)27-18(30)12-28-20-19(25-8-9-26-20)21(31)29(22(28)32)11-14-3-5-15(23)6-4-14/h2-10,19H,11-12H2,1H3/p+1. The summed E-state index contributed by atoms with van der Waals surface area (Å²) in [5.74, 6) is -1.53. The van der Waals surface area contributed by atoms with Gasteiger partial charge in [-0.3, -0.25) is 14.6 Å². The van der Waals surface area contributed by atoms with Crippen LogP contribution >= 0.6 is 11.6 Å². The Balaban J connectivity index is 1.62. The number of imide groups is 1. The SMILES string of the molecule is Cc1ccc(F)cc1NC(=O)C[N+]1=C2N=CC=NC2C(=O)N(Cc2ccc(Cl)cc2)C1=O. The zero-order chi connectivity index (χ0) is 22.8. The average molecular weight is 455 g/mol. The summed E-state index contributed by atoms with van der Waals surface area (Å²) in [7, 11) is 0. The minimum atomic E-state index is -1.03. The molecule has 2 aromatic carbocycles. The molecule has 0 saturated heterocycles. The third kappa shape index (κ3) is 4.33. The fourth-order valence-electron chi connectivity index (χ4n) is 3.38. The zero-order valence-corrected chi connectivity index (χ0v) is 17.7. The molecular formula is C22H18ClFN5O3+. The van der Waals surface area contributed by atoms with Gasteiger partial charge in [-0.05, 0) is 42.3 Å². The van der Waals surface area contributed by atoms with E-state index in [0.717, 1.165) is 9.48 Å². The van der Waals surface area contributed by atoms with Gasteiger partial charge in [0, 0.05) is 10.7 Å². The predicted octanol–water partition coefficient (Wildman–Crippen LogP) is 2.82. The van der Waals surface area contributed by atoms with E-state index in [9.17, 15) is 18.8 Å². The number of aliphatic imine (C=N–C) groups is 2. The van der Waals surface area contributed by atoms with Crippen molar-refractivity contribution in [2.45, 2.75) is 19.5 Å². The van der Waals surface area contributed by atoms with Crippen molar-refractivity contribution in [3.05, 3.63) is 64.4 Å². The van der Waals surface area contributed by atoms with Crippen molar-refractivity contribution < 1.29 is 23.3 Å². The minimum absolute atomic E-state index is 0.0149. The molecule has 4 rings (SSSR count). The number of halogens is 2. The lowest BCUT2D eigenvalue weighted by molar-refractivity contribution is -0.429. The fraction of sp³-hybridized carbons (Fsp3) is 0.182. The van der Waals surface area contributed by atoms with Gasteiger partial charge < -0.3 is 5.32 Å². The number of nitrogens with one attached hydrogen (secondary N) is 1. The van der Waals surface area contributed by atoms with Crippen LogP contribution in [0.25, 0.3) is 0 Å². The molecule has 0 spiro atoms. The molecule has 2 heterocycles. The van der Waals surface area contributed by atoms with Crippen LogP contribution in [-0.2, 0) is 16.1 Å². The van der Waals surface area contributed by atoms with Gasteiger partial charge in [-0.25, -0.2) is 9.18 Å². The van der Waals surface area contributed by atoms with Crippen molar-refractivity contribution in [3.63, 3.8) is 0 Å². The first-order valence-electron chi connectivity index (χ1n) is 9.69. The van der Waals surface area contributed by atoms with Gasteiger partial charge in [0.15, 0.2) is 6.54 Å². The molecule has 162 valence electrons. The highest BCUT2D eigenvalue weighted by atomic mass is 35.5. The van der Waals surface area contributed by atoms with Crippen LogP contribution in [0.4, 0.5) is 14.9 Å². The summed E-state index contributed by atoms with van der Waals surface area (Å²) in [6.45, 7) is 1.29. The lowest BCUT2D eigenvalue weighted by Crippen LogP contribution is -2.57. The monoisotopic (exact) mass is 454 g/mol. The molecule has 2 aliphatic rings. The van der Waals surface area contributed by atoms with E-state index in [1.807, 2.05) is 0 Å². The highest BCUT2D eigenvalue weighted by Crippen LogP contribution is 2.19. The number of fused-ring (bicyclic) bond motifs is 1. The molecule has 0 fully saturated rings. The number of anilines is 1. The lowest BCUT2D eigenvalue weighted by atomic mass is 10.1. The predicted molar refractivity (Wildman–Crippen MR) is 118 cm³/mol. The number of amides is 4. The van der Waals surface area contributed by atoms with Crippen LogP contribution in [-0.4, -0.2) is 58.2 Å². The van der Waals surface area contributed by atoms with Gasteiger partial charge in [-0.1, -0.05) is 29.8 Å². The molecule has 1 N–H and O–H groups in total. The van der Waals surface area contributed by atoms with Crippen molar-refractivity contribution in [2.24, 2.45) is 9.98 Å². The Labute approximate surface area is 187 Å². The molecule has 0 bridgehead atoms. The van der Waals surface area contributed by atoms with E-state index in [4.69, 9.17) is 11.6 Å². The van der Waals surface area contributed by atoms with Gasteiger partial charge in [0.25, 0.3) is 11.7 Å². The van der Waals surface area contributed by atoms with Crippen LogP contribution in [0.15, 0.2) is 52.4 Å². The van der Waals surface area contributed by atoms with Gasteiger partial charge in [-0.2, -0.15) is 9.48 Å². The Morgan fingerprint density at radius 2 is 1.94 bits per heavy atom. The van der Waals surface area contributed by atoms with Crippen LogP contribution in [0.3, 0.4) is 0 Å². The maximum Gasteiger partial charge on any atom is 0.446 e. The average Bonchev–Trinajstić information content (AvgIpc) is 2.78. The molecule has 2 aliphatic heterocycles. The first-order chi connectivity index (χ1) is 15.3. The van der Waals surface area contributed by atoms with Gasteiger partial charge >= 0.3 is 11.9 Å². The maximum absolute atomic E-state index is 13.6. The molecule has 4 amide bonds. The number of benzene rings is 2. The first kappa shape index (κ1) is 21.5. The molecule has 8 nitrogen and oxygen atoms in total. The summed E-state index contributed by atoms with van der Waals surface area (Å²) in [6, 6.07) is 9.00. The summed E-state index contributed by atoms with van der Waals surface area (Å²) < 4.78 is 14.7. The number of carbonyl (C=O) groups is 3. The molecule has 10 heteroatoms. The zero-order valence-electron chi connectivity index (χ0n) is 17.0. The number of rotatable bonds is 5. The molecule has 0 radical (unpaired) electrons. The summed E-state index contributed by atoms with van der Waals surface area (Å²) in [4.78, 5) is 48.1. The summed E-state index contributed by atoms with van der Waals surface area (Å²) in [6.07, 6.45) is 2.72. The number of hydrogen-bond donors (Lipinski definition) is 1. The molecule has 0 saturated carbocycles. The molecule has 0 aromatic heterocycles. The van der Waals surface area contributed by atoms with E-state index in [-0.39, 0.29) is 12.4 Å². The topological polar surface area (TPSA) is 94.2 Å². The summed E-state index contributed by atoms with van der Waals surface area (Å²) in [5.41, 5.74) is 1.64. The first-order valence-corrected chi connectivity index (χ1v) is 10.1.